The van der Waals surface area contributed by atoms with E-state index in [1.807, 2.05) is 29.0 Å². The van der Waals surface area contributed by atoms with Crippen LogP contribution in [0.2, 0.25) is 0 Å². The van der Waals surface area contributed by atoms with Gasteiger partial charge in [0.15, 0.2) is 0 Å². The lowest BCUT2D eigenvalue weighted by Crippen LogP contribution is -2.39. The number of esters is 2. The van der Waals surface area contributed by atoms with Gasteiger partial charge < -0.3 is 19.0 Å². The Morgan fingerprint density at radius 2 is 1.89 bits per heavy atom. The van der Waals surface area contributed by atoms with E-state index >= 15 is 0 Å². The van der Waals surface area contributed by atoms with Gasteiger partial charge in [-0.05, 0) is 29.8 Å². The van der Waals surface area contributed by atoms with Crippen LogP contribution in [0.25, 0.3) is 10.9 Å². The molecular formula is C24H21F3N2O8S. The number of benzene rings is 2. The van der Waals surface area contributed by atoms with Crippen LogP contribution in [0.5, 0.6) is 11.5 Å². The molecule has 3 aromatic rings. The van der Waals surface area contributed by atoms with E-state index in [1.54, 1.807) is 12.3 Å². The Morgan fingerprint density at radius 1 is 1.13 bits per heavy atom. The number of carbonyl (C=O) groups excluding carboxylic acids is 3. The van der Waals surface area contributed by atoms with Gasteiger partial charge in [-0.2, -0.15) is 13.2 Å². The summed E-state index contributed by atoms with van der Waals surface area (Å²) in [7, 11) is -3.19. The fourth-order valence-corrected chi connectivity index (χ4v) is 4.66. The van der Waals surface area contributed by atoms with Crippen molar-refractivity contribution in [2.75, 3.05) is 13.7 Å². The highest BCUT2D eigenvalue weighted by molar-refractivity contribution is 7.89. The van der Waals surface area contributed by atoms with Crippen LogP contribution in [0.4, 0.5) is 13.2 Å². The van der Waals surface area contributed by atoms with Crippen LogP contribution < -0.4 is 14.2 Å². The number of hydrogen-bond donors (Lipinski definition) is 1. The van der Waals surface area contributed by atoms with Crippen LogP contribution in [-0.2, 0) is 35.6 Å². The number of sulfonamides is 1. The van der Waals surface area contributed by atoms with Gasteiger partial charge >= 0.3 is 18.1 Å². The fourth-order valence-electron chi connectivity index (χ4n) is 3.37. The number of aromatic nitrogens is 1. The largest absolute Gasteiger partial charge is 0.497 e. The minimum atomic E-state index is -5.44. The lowest BCUT2D eigenvalue weighted by Gasteiger charge is -2.17. The standard InChI is InChI=1S/C24H21F3N2O8S/c1-35-17-7-8-21(38(33,34)29-16(14-30)12-22(31)37-23(32)24(25,26)27)20(13-17)36-11-9-15-4-2-6-19-18(15)5-3-10-28-19/h2-8,10,13-14,16,29H,9,11-12H2,1H3. The molecule has 10 nitrogen and oxygen atoms in total. The van der Waals surface area contributed by atoms with E-state index < -0.39 is 45.5 Å². The van der Waals surface area contributed by atoms with Crippen LogP contribution in [0, 0.1) is 0 Å². The highest BCUT2D eigenvalue weighted by Crippen LogP contribution is 2.29. The number of aldehydes is 1. The van der Waals surface area contributed by atoms with Crippen molar-refractivity contribution in [3.05, 3.63) is 60.3 Å². The molecule has 0 fully saturated rings. The molecule has 0 spiro atoms. The Labute approximate surface area is 214 Å². The van der Waals surface area contributed by atoms with Gasteiger partial charge in [0.25, 0.3) is 0 Å². The van der Waals surface area contributed by atoms with E-state index in [0.717, 1.165) is 22.5 Å². The molecule has 0 saturated heterocycles. The van der Waals surface area contributed by atoms with E-state index in [0.29, 0.717) is 6.42 Å². The van der Waals surface area contributed by atoms with Crippen molar-refractivity contribution in [3.63, 3.8) is 0 Å². The molecule has 1 N–H and O–H groups in total. The summed E-state index contributed by atoms with van der Waals surface area (Å²) in [6.45, 7) is 0.0344. The monoisotopic (exact) mass is 554 g/mol. The first kappa shape index (κ1) is 28.5. The van der Waals surface area contributed by atoms with Crippen molar-refractivity contribution in [1.29, 1.82) is 0 Å². The van der Waals surface area contributed by atoms with Gasteiger partial charge in [-0.3, -0.25) is 9.78 Å². The van der Waals surface area contributed by atoms with E-state index in [1.165, 1.54) is 19.2 Å². The van der Waals surface area contributed by atoms with Crippen molar-refractivity contribution >= 4 is 39.2 Å². The molecule has 0 bridgehead atoms. The highest BCUT2D eigenvalue weighted by Gasteiger charge is 2.42. The zero-order chi connectivity index (χ0) is 27.9. The maximum absolute atomic E-state index is 13.0. The first-order valence-electron chi connectivity index (χ1n) is 10.9. The van der Waals surface area contributed by atoms with Crippen molar-refractivity contribution in [2.45, 2.75) is 30.0 Å². The van der Waals surface area contributed by atoms with Crippen LogP contribution in [0.15, 0.2) is 59.6 Å². The van der Waals surface area contributed by atoms with E-state index in [4.69, 9.17) is 9.47 Å². The van der Waals surface area contributed by atoms with Crippen LogP contribution in [0.1, 0.15) is 12.0 Å². The minimum absolute atomic E-state index is 0.0184. The third kappa shape index (κ3) is 7.26. The fraction of sp³-hybridized carbons (Fsp3) is 0.250. The summed E-state index contributed by atoms with van der Waals surface area (Å²) in [5.41, 5.74) is 1.67. The van der Waals surface area contributed by atoms with Crippen molar-refractivity contribution in [3.8, 4) is 11.5 Å². The van der Waals surface area contributed by atoms with Gasteiger partial charge in [0, 0.05) is 24.1 Å². The predicted molar refractivity (Wildman–Crippen MR) is 126 cm³/mol. The lowest BCUT2D eigenvalue weighted by molar-refractivity contribution is -0.202. The number of rotatable bonds is 11. The van der Waals surface area contributed by atoms with Gasteiger partial charge in [0.05, 0.1) is 31.7 Å². The van der Waals surface area contributed by atoms with E-state index in [9.17, 15) is 36.0 Å². The summed E-state index contributed by atoms with van der Waals surface area (Å²) in [5.74, 6) is -4.42. The molecule has 1 aromatic heterocycles. The molecule has 0 radical (unpaired) electrons. The molecule has 1 atom stereocenters. The molecule has 1 unspecified atom stereocenters. The molecule has 0 saturated carbocycles. The number of methoxy groups -OCH3 is 1. The Balaban J connectivity index is 1.76. The zero-order valence-corrected chi connectivity index (χ0v) is 20.5. The maximum atomic E-state index is 13.0. The predicted octanol–water partition coefficient (Wildman–Crippen LogP) is 2.73. The molecule has 202 valence electrons. The number of nitrogens with zero attached hydrogens (tertiary/aromatic N) is 1. The molecule has 3 rings (SSSR count). The highest BCUT2D eigenvalue weighted by atomic mass is 32.2. The molecule has 0 aliphatic carbocycles. The number of fused-ring (bicyclic) bond motifs is 1. The average molecular weight is 554 g/mol. The first-order valence-corrected chi connectivity index (χ1v) is 12.4. The second-order valence-electron chi connectivity index (χ2n) is 7.73. The number of nitrogens with one attached hydrogen (secondary N) is 1. The molecule has 0 amide bonds. The summed E-state index contributed by atoms with van der Waals surface area (Å²) < 4.78 is 79.2. The summed E-state index contributed by atoms with van der Waals surface area (Å²) >= 11 is 0. The second-order valence-corrected chi connectivity index (χ2v) is 9.41. The second kappa shape index (κ2) is 12.0. The van der Waals surface area contributed by atoms with Crippen molar-refractivity contribution in [2.24, 2.45) is 0 Å². The first-order chi connectivity index (χ1) is 17.9. The number of hydrogen-bond acceptors (Lipinski definition) is 9. The van der Waals surface area contributed by atoms with Crippen LogP contribution in [0.3, 0.4) is 0 Å². The van der Waals surface area contributed by atoms with Gasteiger partial charge in [-0.25, -0.2) is 17.9 Å². The normalized spacial score (nSPS) is 12.5. The van der Waals surface area contributed by atoms with Crippen molar-refractivity contribution < 1.29 is 50.2 Å². The van der Waals surface area contributed by atoms with Crippen LogP contribution >= 0.6 is 0 Å². The molecule has 0 aliphatic heterocycles. The third-order valence-electron chi connectivity index (χ3n) is 5.10. The molecule has 38 heavy (non-hydrogen) atoms. The third-order valence-corrected chi connectivity index (χ3v) is 6.63. The Hall–Kier alpha value is -4.04. The summed E-state index contributed by atoms with van der Waals surface area (Å²) in [6, 6.07) is 11.1. The number of halogens is 3. The van der Waals surface area contributed by atoms with Crippen molar-refractivity contribution in [1.82, 2.24) is 9.71 Å². The Bertz CT molecular complexity index is 1440. The Kier molecular flexibility index (Phi) is 9.01. The maximum Gasteiger partial charge on any atom is 0.491 e. The molecule has 2 aromatic carbocycles. The minimum Gasteiger partial charge on any atom is -0.497 e. The van der Waals surface area contributed by atoms with Gasteiger partial charge in [-0.15, -0.1) is 0 Å². The molecule has 1 heterocycles. The van der Waals surface area contributed by atoms with Crippen LogP contribution in [-0.4, -0.2) is 57.6 Å². The summed E-state index contributed by atoms with van der Waals surface area (Å²) in [5, 5.41) is 0.892. The molecule has 14 heteroatoms. The quantitative estimate of drug-likeness (QED) is 0.215. The summed E-state index contributed by atoms with van der Waals surface area (Å²) in [6.07, 6.45) is -4.59. The van der Waals surface area contributed by atoms with Gasteiger partial charge in [0.2, 0.25) is 10.0 Å². The smallest absolute Gasteiger partial charge is 0.491 e. The average Bonchev–Trinajstić information content (AvgIpc) is 2.87. The van der Waals surface area contributed by atoms with E-state index in [2.05, 4.69) is 9.72 Å². The number of carbonyl (C=O) groups is 3. The zero-order valence-electron chi connectivity index (χ0n) is 19.7. The van der Waals surface area contributed by atoms with Gasteiger partial charge in [0.1, 0.15) is 22.7 Å². The summed E-state index contributed by atoms with van der Waals surface area (Å²) in [4.78, 5) is 37.6. The number of ether oxygens (including phenoxy) is 3. The van der Waals surface area contributed by atoms with Gasteiger partial charge in [-0.1, -0.05) is 18.2 Å². The number of alkyl halides is 3. The topological polar surface area (TPSA) is 138 Å². The van der Waals surface area contributed by atoms with E-state index in [-0.39, 0.29) is 24.4 Å². The lowest BCUT2D eigenvalue weighted by atomic mass is 10.1. The SMILES string of the molecule is COc1ccc(S(=O)(=O)NC(C=O)CC(=O)OC(=O)C(F)(F)F)c(OCCc2cccc3ncccc23)c1. The number of pyridine rings is 1. The molecule has 0 aliphatic rings. The molecular weight excluding hydrogens is 533 g/mol. The Morgan fingerprint density at radius 3 is 2.58 bits per heavy atom.